The minimum Gasteiger partial charge on any atom is -0.384 e. The molecular weight excluding hydrogens is 222 g/mol. The lowest BCUT2D eigenvalue weighted by molar-refractivity contribution is -0.138. The highest BCUT2D eigenvalue weighted by Crippen LogP contribution is 2.12. The normalized spacial score (nSPS) is 16.8. The second-order valence-electron chi connectivity index (χ2n) is 4.21. The topological polar surface area (TPSA) is 84.7 Å². The van der Waals surface area contributed by atoms with Gasteiger partial charge in [0.15, 0.2) is 0 Å². The zero-order chi connectivity index (χ0) is 12.7. The lowest BCUT2D eigenvalue weighted by Crippen LogP contribution is -2.49. The summed E-state index contributed by atoms with van der Waals surface area (Å²) >= 11 is 0. The van der Waals surface area contributed by atoms with Gasteiger partial charge in [0.1, 0.15) is 0 Å². The number of primary amides is 1. The summed E-state index contributed by atoms with van der Waals surface area (Å²) in [6, 6.07) is 0.119. The SMILES string of the molecule is COCCC(=O)N(CC(N)=O)C1CCNCC1. The monoisotopic (exact) mass is 243 g/mol. The molecule has 6 nitrogen and oxygen atoms in total. The Morgan fingerprint density at radius 2 is 2.06 bits per heavy atom. The van der Waals surface area contributed by atoms with Crippen LogP contribution < -0.4 is 11.1 Å². The van der Waals surface area contributed by atoms with Gasteiger partial charge in [-0.05, 0) is 25.9 Å². The maximum atomic E-state index is 12.0. The average Bonchev–Trinajstić information content (AvgIpc) is 2.34. The molecule has 0 spiro atoms. The number of nitrogens with zero attached hydrogens (tertiary/aromatic N) is 1. The van der Waals surface area contributed by atoms with Gasteiger partial charge in [-0.3, -0.25) is 9.59 Å². The van der Waals surface area contributed by atoms with Crippen LogP contribution in [0.3, 0.4) is 0 Å². The van der Waals surface area contributed by atoms with E-state index < -0.39 is 5.91 Å². The molecule has 1 aliphatic rings. The number of amides is 2. The van der Waals surface area contributed by atoms with Crippen LogP contribution in [-0.4, -0.2) is 56.1 Å². The summed E-state index contributed by atoms with van der Waals surface area (Å²) < 4.78 is 4.88. The van der Waals surface area contributed by atoms with Gasteiger partial charge < -0.3 is 20.7 Å². The van der Waals surface area contributed by atoms with E-state index in [1.807, 2.05) is 0 Å². The lowest BCUT2D eigenvalue weighted by Gasteiger charge is -2.34. The van der Waals surface area contributed by atoms with Gasteiger partial charge in [-0.2, -0.15) is 0 Å². The van der Waals surface area contributed by atoms with E-state index in [0.717, 1.165) is 25.9 Å². The Hall–Kier alpha value is -1.14. The first-order valence-electron chi connectivity index (χ1n) is 5.92. The van der Waals surface area contributed by atoms with E-state index in [-0.39, 0.29) is 18.5 Å². The number of carbonyl (C=O) groups is 2. The number of piperidine rings is 1. The molecule has 1 fully saturated rings. The molecule has 17 heavy (non-hydrogen) atoms. The van der Waals surface area contributed by atoms with Gasteiger partial charge >= 0.3 is 0 Å². The highest BCUT2D eigenvalue weighted by atomic mass is 16.5. The number of carbonyl (C=O) groups excluding carboxylic acids is 2. The average molecular weight is 243 g/mol. The minimum atomic E-state index is -0.464. The number of hydrogen-bond donors (Lipinski definition) is 2. The molecule has 0 aromatic rings. The van der Waals surface area contributed by atoms with Crippen molar-refractivity contribution in [2.24, 2.45) is 5.73 Å². The fraction of sp³-hybridized carbons (Fsp3) is 0.818. The van der Waals surface area contributed by atoms with Crippen molar-refractivity contribution in [3.8, 4) is 0 Å². The van der Waals surface area contributed by atoms with Crippen molar-refractivity contribution in [3.63, 3.8) is 0 Å². The number of ether oxygens (including phenoxy) is 1. The van der Waals surface area contributed by atoms with Gasteiger partial charge in [-0.25, -0.2) is 0 Å². The van der Waals surface area contributed by atoms with Crippen molar-refractivity contribution in [3.05, 3.63) is 0 Å². The van der Waals surface area contributed by atoms with Crippen LogP contribution in [0.5, 0.6) is 0 Å². The zero-order valence-corrected chi connectivity index (χ0v) is 10.3. The summed E-state index contributed by atoms with van der Waals surface area (Å²) in [6.45, 7) is 2.13. The Labute approximate surface area is 101 Å². The standard InChI is InChI=1S/C11H21N3O3/c1-17-7-4-11(16)14(8-10(12)15)9-2-5-13-6-3-9/h9,13H,2-8H2,1H3,(H2,12,15). The molecule has 0 unspecified atom stereocenters. The van der Waals surface area contributed by atoms with Crippen LogP contribution in [-0.2, 0) is 14.3 Å². The largest absolute Gasteiger partial charge is 0.384 e. The fourth-order valence-electron chi connectivity index (χ4n) is 2.04. The fourth-order valence-corrected chi connectivity index (χ4v) is 2.04. The molecule has 6 heteroatoms. The molecule has 0 aliphatic carbocycles. The second-order valence-corrected chi connectivity index (χ2v) is 4.21. The van der Waals surface area contributed by atoms with Crippen molar-refractivity contribution in [1.29, 1.82) is 0 Å². The van der Waals surface area contributed by atoms with Crippen LogP contribution in [0.4, 0.5) is 0 Å². The van der Waals surface area contributed by atoms with Crippen LogP contribution in [0, 0.1) is 0 Å². The predicted octanol–water partition coefficient (Wildman–Crippen LogP) is -0.911. The van der Waals surface area contributed by atoms with Crippen molar-refractivity contribution < 1.29 is 14.3 Å². The maximum absolute atomic E-state index is 12.0. The maximum Gasteiger partial charge on any atom is 0.237 e. The minimum absolute atomic E-state index is 0.00716. The van der Waals surface area contributed by atoms with Gasteiger partial charge in [0.2, 0.25) is 11.8 Å². The Morgan fingerprint density at radius 3 is 2.59 bits per heavy atom. The summed E-state index contributed by atoms with van der Waals surface area (Å²) in [6.07, 6.45) is 2.03. The first kappa shape index (κ1) is 13.9. The van der Waals surface area contributed by atoms with Gasteiger partial charge in [-0.15, -0.1) is 0 Å². The summed E-state index contributed by atoms with van der Waals surface area (Å²) in [5.74, 6) is -0.521. The molecule has 0 bridgehead atoms. The molecule has 3 N–H and O–H groups in total. The molecule has 0 atom stereocenters. The van der Waals surface area contributed by atoms with E-state index in [1.54, 1.807) is 12.0 Å². The van der Waals surface area contributed by atoms with Gasteiger partial charge in [-0.1, -0.05) is 0 Å². The highest BCUT2D eigenvalue weighted by molar-refractivity contribution is 5.84. The molecule has 1 saturated heterocycles. The molecular formula is C11H21N3O3. The molecule has 0 radical (unpaired) electrons. The Balaban J connectivity index is 2.57. The Morgan fingerprint density at radius 1 is 1.41 bits per heavy atom. The predicted molar refractivity (Wildman–Crippen MR) is 63.3 cm³/mol. The van der Waals surface area contributed by atoms with Crippen LogP contribution in [0.2, 0.25) is 0 Å². The smallest absolute Gasteiger partial charge is 0.237 e. The lowest BCUT2D eigenvalue weighted by atomic mass is 10.0. The number of nitrogens with two attached hydrogens (primary N) is 1. The first-order chi connectivity index (χ1) is 8.15. The molecule has 1 heterocycles. The third kappa shape index (κ3) is 4.70. The Kier molecular flexibility index (Phi) is 5.93. The number of hydrogen-bond acceptors (Lipinski definition) is 4. The van der Waals surface area contributed by atoms with Crippen LogP contribution >= 0.6 is 0 Å². The van der Waals surface area contributed by atoms with E-state index in [2.05, 4.69) is 5.32 Å². The number of rotatable bonds is 6. The third-order valence-corrected chi connectivity index (χ3v) is 2.92. The molecule has 1 aliphatic heterocycles. The van der Waals surface area contributed by atoms with Gasteiger partial charge in [0.05, 0.1) is 19.6 Å². The van der Waals surface area contributed by atoms with E-state index in [4.69, 9.17) is 10.5 Å². The molecule has 0 aromatic carbocycles. The van der Waals surface area contributed by atoms with Crippen molar-refractivity contribution in [2.45, 2.75) is 25.3 Å². The van der Waals surface area contributed by atoms with Crippen molar-refractivity contribution in [1.82, 2.24) is 10.2 Å². The molecule has 0 aromatic heterocycles. The Bertz CT molecular complexity index is 265. The summed E-state index contributed by atoms with van der Waals surface area (Å²) in [5, 5.41) is 3.23. The van der Waals surface area contributed by atoms with Crippen molar-refractivity contribution >= 4 is 11.8 Å². The van der Waals surface area contributed by atoms with Crippen LogP contribution in [0.15, 0.2) is 0 Å². The number of methoxy groups -OCH3 is 1. The van der Waals surface area contributed by atoms with Crippen molar-refractivity contribution in [2.75, 3.05) is 33.4 Å². The third-order valence-electron chi connectivity index (χ3n) is 2.92. The van der Waals surface area contributed by atoms with Gasteiger partial charge in [0, 0.05) is 13.2 Å². The quantitative estimate of drug-likeness (QED) is 0.632. The van der Waals surface area contributed by atoms with E-state index >= 15 is 0 Å². The van der Waals surface area contributed by atoms with Gasteiger partial charge in [0.25, 0.3) is 0 Å². The zero-order valence-electron chi connectivity index (χ0n) is 10.3. The highest BCUT2D eigenvalue weighted by Gasteiger charge is 2.25. The van der Waals surface area contributed by atoms with E-state index in [0.29, 0.717) is 13.0 Å². The molecule has 98 valence electrons. The molecule has 0 saturated carbocycles. The first-order valence-corrected chi connectivity index (χ1v) is 5.92. The summed E-state index contributed by atoms with van der Waals surface area (Å²) in [5.41, 5.74) is 5.19. The van der Waals surface area contributed by atoms with E-state index in [1.165, 1.54) is 0 Å². The van der Waals surface area contributed by atoms with E-state index in [9.17, 15) is 9.59 Å². The number of nitrogens with one attached hydrogen (secondary N) is 1. The molecule has 2 amide bonds. The summed E-state index contributed by atoms with van der Waals surface area (Å²) in [7, 11) is 1.55. The van der Waals surface area contributed by atoms with Crippen LogP contribution in [0.25, 0.3) is 0 Å². The van der Waals surface area contributed by atoms with Crippen LogP contribution in [0.1, 0.15) is 19.3 Å². The summed E-state index contributed by atoms with van der Waals surface area (Å²) in [4.78, 5) is 24.6. The second kappa shape index (κ2) is 7.24. The molecule has 1 rings (SSSR count).